The summed E-state index contributed by atoms with van der Waals surface area (Å²) in [5.74, 6) is 0. The number of hydrogen-bond acceptors (Lipinski definition) is 7. The van der Waals surface area contributed by atoms with E-state index in [1.807, 2.05) is 17.5 Å². The number of nitrogens with two attached hydrogens (primary N) is 1. The molecule has 0 aliphatic rings. The average Bonchev–Trinajstić information content (AvgIpc) is 3.24. The smallest absolute Gasteiger partial charge is 0.326 e. The Bertz CT molecular complexity index is 1260. The van der Waals surface area contributed by atoms with Gasteiger partial charge < -0.3 is 11.1 Å². The molecule has 0 saturated heterocycles. The van der Waals surface area contributed by atoms with Crippen molar-refractivity contribution in [2.24, 2.45) is 5.73 Å². The minimum atomic E-state index is -4.01. The molecule has 158 valence electrons. The maximum Gasteiger partial charge on any atom is 0.326 e. The molecule has 4 N–H and O–H groups in total. The lowest BCUT2D eigenvalue weighted by Crippen LogP contribution is -2.34. The van der Waals surface area contributed by atoms with Crippen LogP contribution in [-0.4, -0.2) is 19.4 Å². The zero-order chi connectivity index (χ0) is 22.4. The van der Waals surface area contributed by atoms with E-state index in [1.54, 1.807) is 4.72 Å². The van der Waals surface area contributed by atoms with E-state index in [0.29, 0.717) is 16.3 Å². The van der Waals surface area contributed by atoms with Gasteiger partial charge in [0.15, 0.2) is 0 Å². The van der Waals surface area contributed by atoms with Gasteiger partial charge in [0.25, 0.3) is 10.0 Å². The summed E-state index contributed by atoms with van der Waals surface area (Å²) in [6, 6.07) is 14.7. The number of nitrogens with one attached hydrogen (secondary N) is 2. The standard InChI is InChI=1S/C21H19N5O3S2/c1-2-14-3-5-15(6-4-14)19-13-30-20(25-19)16(11-22)12-24-17-7-9-18(10-8-17)31(28,29)26-21(23)27/h3-10,12-13,24H,2H2,1H3,(H3,23,26,27)/b16-12+. The van der Waals surface area contributed by atoms with Crippen LogP contribution in [0.2, 0.25) is 0 Å². The fraction of sp³-hybridized carbons (Fsp3) is 0.0952. The van der Waals surface area contributed by atoms with Gasteiger partial charge in [-0.3, -0.25) is 0 Å². The molecule has 1 heterocycles. The Kier molecular flexibility index (Phi) is 6.69. The Morgan fingerprint density at radius 2 is 1.87 bits per heavy atom. The number of sulfonamides is 1. The minimum Gasteiger partial charge on any atom is -0.360 e. The number of amides is 2. The maximum absolute atomic E-state index is 11.9. The zero-order valence-corrected chi connectivity index (χ0v) is 18.1. The molecular formula is C21H19N5O3S2. The van der Waals surface area contributed by atoms with Crippen molar-refractivity contribution in [3.05, 3.63) is 70.7 Å². The van der Waals surface area contributed by atoms with Crippen LogP contribution in [0.1, 0.15) is 17.5 Å². The third-order valence-corrected chi connectivity index (χ3v) is 6.53. The van der Waals surface area contributed by atoms with E-state index in [0.717, 1.165) is 17.7 Å². The normalized spacial score (nSPS) is 11.5. The molecule has 0 bridgehead atoms. The van der Waals surface area contributed by atoms with Gasteiger partial charge in [0.05, 0.1) is 10.6 Å². The molecule has 2 amide bonds. The predicted molar refractivity (Wildman–Crippen MR) is 120 cm³/mol. The van der Waals surface area contributed by atoms with Crippen LogP contribution in [0.3, 0.4) is 0 Å². The summed E-state index contributed by atoms with van der Waals surface area (Å²) < 4.78 is 25.5. The highest BCUT2D eigenvalue weighted by atomic mass is 32.2. The average molecular weight is 454 g/mol. The van der Waals surface area contributed by atoms with Crippen LogP contribution in [0.15, 0.2) is 65.0 Å². The number of carbonyl (C=O) groups is 1. The number of nitrogens with zero attached hydrogens (tertiary/aromatic N) is 2. The van der Waals surface area contributed by atoms with Gasteiger partial charge in [0.2, 0.25) is 0 Å². The molecule has 3 rings (SSSR count). The Morgan fingerprint density at radius 1 is 1.19 bits per heavy atom. The number of allylic oxidation sites excluding steroid dienone is 1. The highest BCUT2D eigenvalue weighted by Gasteiger charge is 2.15. The molecule has 8 nitrogen and oxygen atoms in total. The highest BCUT2D eigenvalue weighted by molar-refractivity contribution is 7.90. The van der Waals surface area contributed by atoms with Gasteiger partial charge in [0, 0.05) is 22.8 Å². The molecule has 31 heavy (non-hydrogen) atoms. The van der Waals surface area contributed by atoms with Crippen LogP contribution >= 0.6 is 11.3 Å². The lowest BCUT2D eigenvalue weighted by Gasteiger charge is -2.06. The largest absolute Gasteiger partial charge is 0.360 e. The number of anilines is 1. The molecule has 3 aromatic rings. The van der Waals surface area contributed by atoms with E-state index in [4.69, 9.17) is 5.73 Å². The molecule has 0 saturated carbocycles. The SMILES string of the molecule is CCc1ccc(-c2csc(/C(C#N)=C/Nc3ccc(S(=O)(=O)NC(N)=O)cc3)n2)cc1. The Hall–Kier alpha value is -3.68. The van der Waals surface area contributed by atoms with Crippen molar-refractivity contribution >= 4 is 38.7 Å². The number of thiazole rings is 1. The highest BCUT2D eigenvalue weighted by Crippen LogP contribution is 2.26. The molecule has 0 aliphatic carbocycles. The summed E-state index contributed by atoms with van der Waals surface area (Å²) in [6.45, 7) is 2.09. The maximum atomic E-state index is 11.9. The van der Waals surface area contributed by atoms with Crippen LogP contribution in [-0.2, 0) is 16.4 Å². The van der Waals surface area contributed by atoms with Crippen LogP contribution in [0.5, 0.6) is 0 Å². The van der Waals surface area contributed by atoms with Gasteiger partial charge in [-0.15, -0.1) is 11.3 Å². The molecule has 0 unspecified atom stereocenters. The number of rotatable bonds is 7. The number of primary amides is 1. The molecule has 0 radical (unpaired) electrons. The molecule has 0 fully saturated rings. The van der Waals surface area contributed by atoms with Crippen LogP contribution in [0.25, 0.3) is 16.8 Å². The summed E-state index contributed by atoms with van der Waals surface area (Å²) in [7, 11) is -4.01. The van der Waals surface area contributed by atoms with Gasteiger partial charge >= 0.3 is 6.03 Å². The number of benzene rings is 2. The zero-order valence-electron chi connectivity index (χ0n) is 16.5. The molecule has 1 aromatic heterocycles. The van der Waals surface area contributed by atoms with E-state index in [1.165, 1.54) is 47.4 Å². The van der Waals surface area contributed by atoms with Gasteiger partial charge in [-0.2, -0.15) is 5.26 Å². The summed E-state index contributed by atoms with van der Waals surface area (Å²) in [6.07, 6.45) is 2.47. The summed E-state index contributed by atoms with van der Waals surface area (Å²) in [4.78, 5) is 15.2. The summed E-state index contributed by atoms with van der Waals surface area (Å²) in [5, 5.41) is 14.9. The minimum absolute atomic E-state index is 0.111. The third kappa shape index (κ3) is 5.48. The molecule has 0 aliphatic heterocycles. The second kappa shape index (κ2) is 9.42. The second-order valence-electron chi connectivity index (χ2n) is 6.40. The van der Waals surface area contributed by atoms with Crippen molar-refractivity contribution in [3.8, 4) is 17.3 Å². The van der Waals surface area contributed by atoms with Crippen molar-refractivity contribution < 1.29 is 13.2 Å². The van der Waals surface area contributed by atoms with E-state index < -0.39 is 16.1 Å². The summed E-state index contributed by atoms with van der Waals surface area (Å²) >= 11 is 1.36. The van der Waals surface area contributed by atoms with Gasteiger partial charge in [0.1, 0.15) is 16.6 Å². The van der Waals surface area contributed by atoms with E-state index >= 15 is 0 Å². The number of nitriles is 1. The van der Waals surface area contributed by atoms with Crippen molar-refractivity contribution in [1.82, 2.24) is 9.71 Å². The van der Waals surface area contributed by atoms with Gasteiger partial charge in [-0.05, 0) is 36.2 Å². The van der Waals surface area contributed by atoms with Crippen molar-refractivity contribution in [2.45, 2.75) is 18.2 Å². The van der Waals surface area contributed by atoms with Gasteiger partial charge in [-0.25, -0.2) is 22.9 Å². The van der Waals surface area contributed by atoms with Crippen molar-refractivity contribution in [2.75, 3.05) is 5.32 Å². The topological polar surface area (TPSA) is 138 Å². The van der Waals surface area contributed by atoms with Crippen LogP contribution in [0, 0.1) is 11.3 Å². The predicted octanol–water partition coefficient (Wildman–Crippen LogP) is 3.71. The molecule has 2 aromatic carbocycles. The fourth-order valence-electron chi connectivity index (χ4n) is 2.66. The Labute approximate surface area is 184 Å². The number of carbonyl (C=O) groups excluding carboxylic acids is 1. The van der Waals surface area contributed by atoms with Crippen molar-refractivity contribution in [1.29, 1.82) is 5.26 Å². The molecular weight excluding hydrogens is 434 g/mol. The van der Waals surface area contributed by atoms with Crippen LogP contribution < -0.4 is 15.8 Å². The van der Waals surface area contributed by atoms with E-state index in [-0.39, 0.29) is 4.90 Å². The van der Waals surface area contributed by atoms with Crippen molar-refractivity contribution in [3.63, 3.8) is 0 Å². The number of aryl methyl sites for hydroxylation is 1. The van der Waals surface area contributed by atoms with Gasteiger partial charge in [-0.1, -0.05) is 31.2 Å². The first kappa shape index (κ1) is 22.0. The van der Waals surface area contributed by atoms with Crippen LogP contribution in [0.4, 0.5) is 10.5 Å². The first-order valence-corrected chi connectivity index (χ1v) is 11.5. The lowest BCUT2D eigenvalue weighted by atomic mass is 10.1. The molecule has 0 spiro atoms. The second-order valence-corrected chi connectivity index (χ2v) is 8.94. The fourth-order valence-corrected chi connectivity index (χ4v) is 4.33. The Morgan fingerprint density at radius 3 is 2.45 bits per heavy atom. The monoisotopic (exact) mass is 453 g/mol. The Balaban J connectivity index is 1.75. The number of hydrogen-bond donors (Lipinski definition) is 3. The summed E-state index contributed by atoms with van der Waals surface area (Å²) in [5.41, 5.74) is 8.77. The molecule has 10 heteroatoms. The first-order valence-electron chi connectivity index (χ1n) is 9.16. The molecule has 0 atom stereocenters. The van der Waals surface area contributed by atoms with E-state index in [9.17, 15) is 18.5 Å². The number of urea groups is 1. The lowest BCUT2D eigenvalue weighted by molar-refractivity contribution is 0.253. The number of aromatic nitrogens is 1. The third-order valence-electron chi connectivity index (χ3n) is 4.30. The quantitative estimate of drug-likeness (QED) is 0.466. The first-order chi connectivity index (χ1) is 14.8. The van der Waals surface area contributed by atoms with E-state index in [2.05, 4.69) is 35.4 Å².